The molecule has 2 aromatic heterocycles. The number of carbonyl (C=O) groups is 1. The smallest absolute Gasteiger partial charge is 0.277 e. The molecule has 4 rings (SSSR count). The summed E-state index contributed by atoms with van der Waals surface area (Å²) in [4.78, 5) is 13.1. The molecule has 0 fully saturated rings. The number of nitrogens with two attached hydrogens (primary N) is 1. The number of thiophene rings is 1. The second-order valence-electron chi connectivity index (χ2n) is 9.95. The van der Waals surface area contributed by atoms with Crippen molar-refractivity contribution < 1.29 is 13.2 Å². The van der Waals surface area contributed by atoms with E-state index < -0.39 is 10.0 Å². The van der Waals surface area contributed by atoms with E-state index >= 15 is 0 Å². The number of nitrogen functional groups attached to an aromatic ring is 1. The lowest BCUT2D eigenvalue weighted by atomic mass is 10.1. The summed E-state index contributed by atoms with van der Waals surface area (Å²) in [6, 6.07) is 20.4. The van der Waals surface area contributed by atoms with Crippen molar-refractivity contribution in [2.24, 2.45) is 0 Å². The zero-order valence-electron chi connectivity index (χ0n) is 23.4. The first-order valence-corrected chi connectivity index (χ1v) is 16.3. The van der Waals surface area contributed by atoms with Gasteiger partial charge in [0.05, 0.1) is 11.4 Å². The van der Waals surface area contributed by atoms with Crippen molar-refractivity contribution in [1.82, 2.24) is 9.29 Å². The number of benzene rings is 2. The summed E-state index contributed by atoms with van der Waals surface area (Å²) in [5.41, 5.74) is 9.62. The van der Waals surface area contributed by atoms with Gasteiger partial charge in [-0.1, -0.05) is 75.4 Å². The third kappa shape index (κ3) is 8.66. The maximum Gasteiger partial charge on any atom is 0.277 e. The molecule has 2 heterocycles. The molecule has 0 unspecified atom stereocenters. The highest BCUT2D eigenvalue weighted by molar-refractivity contribution is 7.92. The van der Waals surface area contributed by atoms with Crippen LogP contribution in [0.4, 0.5) is 11.4 Å². The van der Waals surface area contributed by atoms with E-state index in [0.29, 0.717) is 16.9 Å². The number of nitrogens with one attached hydrogen (secondary N) is 2. The van der Waals surface area contributed by atoms with Crippen molar-refractivity contribution in [3.63, 3.8) is 0 Å². The minimum atomic E-state index is -3.76. The standard InChI is InChI=1S/C32H38N4O3S2/c1-2-3-4-5-6-9-21-34-23-25-12-15-27(16-13-25)30-17-19-32(40-30)41(38,39)36-22-20-26(24-36)14-18-31(37)35-29-11-8-7-10-28(29)33/h7-8,10-20,22,24,34H,2-6,9,21,23,33H2,1H3,(H,35,37)/b18-14+. The highest BCUT2D eigenvalue weighted by Crippen LogP contribution is 2.32. The number of unbranched alkanes of at least 4 members (excludes halogenated alkanes) is 5. The molecule has 4 N–H and O–H groups in total. The first kappa shape index (κ1) is 30.3. The van der Waals surface area contributed by atoms with Crippen LogP contribution in [0.15, 0.2) is 89.4 Å². The molecule has 0 aliphatic rings. The third-order valence-electron chi connectivity index (χ3n) is 6.72. The molecule has 7 nitrogen and oxygen atoms in total. The Hall–Kier alpha value is -3.66. The number of carbonyl (C=O) groups excluding carboxylic acids is 1. The van der Waals surface area contributed by atoms with Gasteiger partial charge in [-0.2, -0.15) is 8.42 Å². The number of nitrogens with zero attached hydrogens (tertiary/aromatic N) is 1. The quantitative estimate of drug-likeness (QED) is 0.0775. The zero-order chi connectivity index (χ0) is 29.1. The van der Waals surface area contributed by atoms with E-state index in [1.54, 1.807) is 42.5 Å². The van der Waals surface area contributed by atoms with E-state index in [2.05, 4.69) is 29.7 Å². The normalized spacial score (nSPS) is 11.7. The van der Waals surface area contributed by atoms with Crippen molar-refractivity contribution in [3.8, 4) is 10.4 Å². The van der Waals surface area contributed by atoms with Crippen LogP contribution in [0.2, 0.25) is 0 Å². The zero-order valence-corrected chi connectivity index (χ0v) is 25.0. The van der Waals surface area contributed by atoms with Crippen molar-refractivity contribution in [2.45, 2.75) is 56.2 Å². The molecular formula is C32H38N4O3S2. The van der Waals surface area contributed by atoms with Crippen molar-refractivity contribution >= 4 is 44.7 Å². The average Bonchev–Trinajstić information content (AvgIpc) is 3.67. The molecule has 216 valence electrons. The number of rotatable bonds is 15. The van der Waals surface area contributed by atoms with Crippen LogP contribution in [0.5, 0.6) is 0 Å². The Labute approximate surface area is 247 Å². The predicted octanol–water partition coefficient (Wildman–Crippen LogP) is 7.14. The summed E-state index contributed by atoms with van der Waals surface area (Å²) in [5.74, 6) is -0.360. The Morgan fingerprint density at radius 1 is 0.951 bits per heavy atom. The Balaban J connectivity index is 1.31. The molecule has 9 heteroatoms. The first-order valence-electron chi connectivity index (χ1n) is 14.0. The molecular weight excluding hydrogens is 553 g/mol. The number of aromatic nitrogens is 1. The maximum atomic E-state index is 13.3. The molecule has 0 bridgehead atoms. The first-order chi connectivity index (χ1) is 19.9. The van der Waals surface area contributed by atoms with Gasteiger partial charge in [-0.3, -0.25) is 4.79 Å². The van der Waals surface area contributed by atoms with Gasteiger partial charge < -0.3 is 16.4 Å². The van der Waals surface area contributed by atoms with Crippen LogP contribution in [-0.2, 0) is 21.4 Å². The fourth-order valence-electron chi connectivity index (χ4n) is 4.37. The highest BCUT2D eigenvalue weighted by atomic mass is 32.2. The number of anilines is 2. The number of amides is 1. The fourth-order valence-corrected chi connectivity index (χ4v) is 6.99. The lowest BCUT2D eigenvalue weighted by Gasteiger charge is -2.06. The summed E-state index contributed by atoms with van der Waals surface area (Å²) in [6.07, 6.45) is 13.6. The summed E-state index contributed by atoms with van der Waals surface area (Å²) < 4.78 is 27.9. The molecule has 1 amide bonds. The van der Waals surface area contributed by atoms with Crippen molar-refractivity contribution in [2.75, 3.05) is 17.6 Å². The van der Waals surface area contributed by atoms with E-state index in [9.17, 15) is 13.2 Å². The van der Waals surface area contributed by atoms with Gasteiger partial charge in [0.1, 0.15) is 4.21 Å². The van der Waals surface area contributed by atoms with Gasteiger partial charge in [0, 0.05) is 29.9 Å². The van der Waals surface area contributed by atoms with E-state index in [1.165, 1.54) is 77.9 Å². The molecule has 0 radical (unpaired) electrons. The molecule has 0 aliphatic heterocycles. The molecule has 0 atom stereocenters. The lowest BCUT2D eigenvalue weighted by Crippen LogP contribution is -2.14. The second kappa shape index (κ2) is 14.8. The van der Waals surface area contributed by atoms with E-state index in [1.807, 2.05) is 18.2 Å². The van der Waals surface area contributed by atoms with Crippen LogP contribution in [0.25, 0.3) is 16.5 Å². The van der Waals surface area contributed by atoms with Gasteiger partial charge in [-0.25, -0.2) is 3.97 Å². The molecule has 0 aliphatic carbocycles. The fraction of sp³-hybridized carbons (Fsp3) is 0.281. The molecule has 2 aromatic carbocycles. The second-order valence-corrected chi connectivity index (χ2v) is 13.1. The Kier molecular flexibility index (Phi) is 11.0. The van der Waals surface area contributed by atoms with Gasteiger partial charge in [-0.15, -0.1) is 11.3 Å². The summed E-state index contributed by atoms with van der Waals surface area (Å²) in [5, 5.41) is 6.22. The van der Waals surface area contributed by atoms with Crippen LogP contribution in [0.1, 0.15) is 56.6 Å². The minimum absolute atomic E-state index is 0.251. The molecule has 0 saturated carbocycles. The third-order valence-corrected chi connectivity index (χ3v) is 9.96. The largest absolute Gasteiger partial charge is 0.397 e. The topological polar surface area (TPSA) is 106 Å². The van der Waals surface area contributed by atoms with Gasteiger partial charge in [0.15, 0.2) is 0 Å². The van der Waals surface area contributed by atoms with E-state index in [-0.39, 0.29) is 10.1 Å². The summed E-state index contributed by atoms with van der Waals surface area (Å²) in [6.45, 7) is 4.08. The lowest BCUT2D eigenvalue weighted by molar-refractivity contribution is -0.111. The Bertz CT molecular complexity index is 1550. The van der Waals surface area contributed by atoms with Crippen LogP contribution in [0.3, 0.4) is 0 Å². The van der Waals surface area contributed by atoms with Crippen LogP contribution < -0.4 is 16.4 Å². The van der Waals surface area contributed by atoms with Crippen LogP contribution in [0, 0.1) is 0 Å². The van der Waals surface area contributed by atoms with Crippen LogP contribution in [-0.4, -0.2) is 24.8 Å². The Morgan fingerprint density at radius 3 is 2.49 bits per heavy atom. The van der Waals surface area contributed by atoms with Crippen molar-refractivity contribution in [3.05, 3.63) is 96.3 Å². The van der Waals surface area contributed by atoms with E-state index in [0.717, 1.165) is 23.5 Å². The predicted molar refractivity (Wildman–Crippen MR) is 170 cm³/mol. The highest BCUT2D eigenvalue weighted by Gasteiger charge is 2.19. The maximum absolute atomic E-state index is 13.3. The molecule has 41 heavy (non-hydrogen) atoms. The van der Waals surface area contributed by atoms with Crippen molar-refractivity contribution in [1.29, 1.82) is 0 Å². The monoisotopic (exact) mass is 590 g/mol. The van der Waals surface area contributed by atoms with Gasteiger partial charge >= 0.3 is 0 Å². The van der Waals surface area contributed by atoms with Gasteiger partial charge in [-0.05, 0) is 66.1 Å². The Morgan fingerprint density at radius 2 is 1.71 bits per heavy atom. The average molecular weight is 591 g/mol. The number of hydrogen-bond acceptors (Lipinski definition) is 6. The van der Waals surface area contributed by atoms with Gasteiger partial charge in [0.25, 0.3) is 10.0 Å². The van der Waals surface area contributed by atoms with Crippen LogP contribution >= 0.6 is 11.3 Å². The van der Waals surface area contributed by atoms with Gasteiger partial charge in [0.2, 0.25) is 5.91 Å². The molecule has 0 spiro atoms. The summed E-state index contributed by atoms with van der Waals surface area (Å²) >= 11 is 1.24. The SMILES string of the molecule is CCCCCCCCNCc1ccc(-c2ccc(S(=O)(=O)n3ccc(/C=C/C(=O)Nc4ccccc4N)c3)s2)cc1. The summed E-state index contributed by atoms with van der Waals surface area (Å²) in [7, 11) is -3.76. The number of para-hydroxylation sites is 2. The van der Waals surface area contributed by atoms with E-state index in [4.69, 9.17) is 5.73 Å². The molecule has 4 aromatic rings. The molecule has 0 saturated heterocycles. The number of hydrogen-bond donors (Lipinski definition) is 3. The minimum Gasteiger partial charge on any atom is -0.397 e.